The van der Waals surface area contributed by atoms with Crippen LogP contribution in [0.15, 0.2) is 12.1 Å². The van der Waals surface area contributed by atoms with E-state index in [0.717, 1.165) is 6.07 Å². The summed E-state index contributed by atoms with van der Waals surface area (Å²) in [5, 5.41) is 8.83. The van der Waals surface area contributed by atoms with Gasteiger partial charge >= 0.3 is 12.3 Å². The number of amides is 2. The average Bonchev–Trinajstić information content (AvgIpc) is 2.46. The zero-order valence-corrected chi connectivity index (χ0v) is 11.8. The van der Waals surface area contributed by atoms with Crippen LogP contribution in [0.4, 0.5) is 18.0 Å². The van der Waals surface area contributed by atoms with E-state index in [9.17, 15) is 22.8 Å². The molecule has 0 aliphatic carbocycles. The van der Waals surface area contributed by atoms with Gasteiger partial charge in [0.1, 0.15) is 11.8 Å². The topological polar surface area (TPSA) is 106 Å². The first-order chi connectivity index (χ1) is 10.7. The summed E-state index contributed by atoms with van der Waals surface area (Å²) in [4.78, 5) is 26.5. The number of halogens is 3. The molecule has 1 aliphatic heterocycles. The summed E-state index contributed by atoms with van der Waals surface area (Å²) >= 11 is 0. The van der Waals surface area contributed by atoms with Crippen molar-refractivity contribution in [2.24, 2.45) is 5.73 Å². The smallest absolute Gasteiger partial charge is 0.433 e. The van der Waals surface area contributed by atoms with Gasteiger partial charge < -0.3 is 20.5 Å². The number of ether oxygens (including phenoxy) is 1. The molecular weight excluding hydrogens is 319 g/mol. The summed E-state index contributed by atoms with van der Waals surface area (Å²) < 4.78 is 43.7. The Bertz CT molecular complexity index is 613. The predicted octanol–water partition coefficient (Wildman–Crippen LogP) is 1.72. The first kappa shape index (κ1) is 16.8. The van der Waals surface area contributed by atoms with Gasteiger partial charge in [-0.05, 0) is 6.07 Å². The van der Waals surface area contributed by atoms with Crippen molar-refractivity contribution >= 4 is 12.0 Å². The zero-order chi connectivity index (χ0) is 17.2. The monoisotopic (exact) mass is 333 g/mol. The van der Waals surface area contributed by atoms with E-state index >= 15 is 0 Å². The van der Waals surface area contributed by atoms with Gasteiger partial charge in [-0.2, -0.15) is 13.2 Å². The molecule has 0 atom stereocenters. The van der Waals surface area contributed by atoms with Gasteiger partial charge in [0.25, 0.3) is 0 Å². The summed E-state index contributed by atoms with van der Waals surface area (Å²) in [6, 6.07) is 1.60. The molecular formula is C13H14F3N3O4. The lowest BCUT2D eigenvalue weighted by Crippen LogP contribution is -2.41. The number of primary amides is 1. The van der Waals surface area contributed by atoms with Gasteiger partial charge in [-0.1, -0.05) is 0 Å². The van der Waals surface area contributed by atoms with E-state index in [0.29, 0.717) is 18.9 Å². The molecule has 2 amide bonds. The molecule has 0 saturated carbocycles. The van der Waals surface area contributed by atoms with Crippen LogP contribution in [0.1, 0.15) is 28.9 Å². The lowest BCUT2D eigenvalue weighted by molar-refractivity contribution is -0.141. The fourth-order valence-corrected chi connectivity index (χ4v) is 2.19. The molecule has 0 bridgehead atoms. The van der Waals surface area contributed by atoms with E-state index in [1.54, 1.807) is 0 Å². The number of carbonyl (C=O) groups excluding carboxylic acids is 1. The number of piperidine rings is 1. The fourth-order valence-electron chi connectivity index (χ4n) is 2.19. The Kier molecular flexibility index (Phi) is 4.62. The summed E-state index contributed by atoms with van der Waals surface area (Å²) in [5.74, 6) is -1.38. The van der Waals surface area contributed by atoms with E-state index in [2.05, 4.69) is 4.98 Å². The molecule has 1 saturated heterocycles. The van der Waals surface area contributed by atoms with Gasteiger partial charge in [-0.3, -0.25) is 4.79 Å². The van der Waals surface area contributed by atoms with E-state index in [4.69, 9.17) is 15.6 Å². The Morgan fingerprint density at radius 1 is 1.30 bits per heavy atom. The predicted molar refractivity (Wildman–Crippen MR) is 71.0 cm³/mol. The highest BCUT2D eigenvalue weighted by atomic mass is 19.4. The molecule has 2 heterocycles. The number of nitrogens with two attached hydrogens (primary N) is 1. The molecule has 1 fully saturated rings. The normalized spacial score (nSPS) is 16.2. The van der Waals surface area contributed by atoms with E-state index in [1.165, 1.54) is 4.90 Å². The Morgan fingerprint density at radius 3 is 2.39 bits per heavy atom. The van der Waals surface area contributed by atoms with Crippen LogP contribution >= 0.6 is 0 Å². The van der Waals surface area contributed by atoms with Crippen molar-refractivity contribution in [2.75, 3.05) is 13.1 Å². The maximum atomic E-state index is 12.8. The highest BCUT2D eigenvalue weighted by Crippen LogP contribution is 2.30. The molecule has 3 N–H and O–H groups in total. The average molecular weight is 333 g/mol. The Hall–Kier alpha value is -2.52. The summed E-state index contributed by atoms with van der Waals surface area (Å²) in [7, 11) is 0. The van der Waals surface area contributed by atoms with Gasteiger partial charge in [-0.25, -0.2) is 9.78 Å². The number of aromatic nitrogens is 1. The maximum Gasteiger partial charge on any atom is 0.433 e. The van der Waals surface area contributed by atoms with Crippen LogP contribution in [0.2, 0.25) is 0 Å². The molecule has 10 heteroatoms. The standard InChI is InChI=1S/C13H14F3N3O4/c14-13(15,16)9-5-7(11(17)20)6-10(18-9)23-8-1-3-19(4-2-8)12(21)22/h5-6,8H,1-4H2,(H2,17,20)(H,21,22). The van der Waals surface area contributed by atoms with Crippen molar-refractivity contribution in [1.29, 1.82) is 0 Å². The van der Waals surface area contributed by atoms with Crippen LogP contribution in [0.5, 0.6) is 5.88 Å². The molecule has 1 aliphatic rings. The molecule has 2 rings (SSSR count). The van der Waals surface area contributed by atoms with Crippen LogP contribution < -0.4 is 10.5 Å². The van der Waals surface area contributed by atoms with Crippen molar-refractivity contribution in [3.05, 3.63) is 23.4 Å². The Labute approximate surface area is 128 Å². The van der Waals surface area contributed by atoms with Gasteiger partial charge in [0, 0.05) is 37.6 Å². The second kappa shape index (κ2) is 6.31. The third-order valence-corrected chi connectivity index (χ3v) is 3.38. The second-order valence-electron chi connectivity index (χ2n) is 5.03. The van der Waals surface area contributed by atoms with Gasteiger partial charge in [0.05, 0.1) is 0 Å². The van der Waals surface area contributed by atoms with Crippen LogP contribution in [0.3, 0.4) is 0 Å². The number of rotatable bonds is 3. The lowest BCUT2D eigenvalue weighted by atomic mass is 10.1. The molecule has 7 nitrogen and oxygen atoms in total. The number of hydrogen-bond acceptors (Lipinski definition) is 4. The van der Waals surface area contributed by atoms with Crippen LogP contribution in [-0.4, -0.2) is 46.2 Å². The third kappa shape index (κ3) is 4.24. The largest absolute Gasteiger partial charge is 0.474 e. The molecule has 0 radical (unpaired) electrons. The highest BCUT2D eigenvalue weighted by Gasteiger charge is 2.34. The quantitative estimate of drug-likeness (QED) is 0.876. The molecule has 1 aromatic heterocycles. The molecule has 0 aromatic carbocycles. The zero-order valence-electron chi connectivity index (χ0n) is 11.8. The second-order valence-corrected chi connectivity index (χ2v) is 5.03. The van der Waals surface area contributed by atoms with E-state index in [1.807, 2.05) is 0 Å². The minimum atomic E-state index is -4.74. The molecule has 0 spiro atoms. The first-order valence-corrected chi connectivity index (χ1v) is 6.70. The van der Waals surface area contributed by atoms with Crippen molar-refractivity contribution in [2.45, 2.75) is 25.1 Å². The van der Waals surface area contributed by atoms with Gasteiger partial charge in [0.15, 0.2) is 0 Å². The number of pyridine rings is 1. The number of nitrogens with zero attached hydrogens (tertiary/aromatic N) is 2. The molecule has 23 heavy (non-hydrogen) atoms. The van der Waals surface area contributed by atoms with E-state index < -0.39 is 30.0 Å². The van der Waals surface area contributed by atoms with Crippen molar-refractivity contribution in [1.82, 2.24) is 9.88 Å². The Balaban J connectivity index is 2.15. The van der Waals surface area contributed by atoms with Crippen LogP contribution in [0, 0.1) is 0 Å². The summed E-state index contributed by atoms with van der Waals surface area (Å²) in [6.07, 6.45) is -5.65. The molecule has 0 unspecified atom stereocenters. The van der Waals surface area contributed by atoms with Crippen molar-refractivity contribution < 1.29 is 32.6 Å². The van der Waals surface area contributed by atoms with E-state index in [-0.39, 0.29) is 24.5 Å². The lowest BCUT2D eigenvalue weighted by Gasteiger charge is -2.30. The minimum Gasteiger partial charge on any atom is -0.474 e. The molecule has 126 valence electrons. The summed E-state index contributed by atoms with van der Waals surface area (Å²) in [6.45, 7) is 0.420. The number of likely N-dealkylation sites (tertiary alicyclic amines) is 1. The van der Waals surface area contributed by atoms with Crippen molar-refractivity contribution in [3.8, 4) is 5.88 Å². The van der Waals surface area contributed by atoms with Crippen LogP contribution in [-0.2, 0) is 6.18 Å². The van der Waals surface area contributed by atoms with Crippen LogP contribution in [0.25, 0.3) is 0 Å². The summed E-state index contributed by atoms with van der Waals surface area (Å²) in [5.41, 5.74) is 3.39. The third-order valence-electron chi connectivity index (χ3n) is 3.38. The minimum absolute atomic E-state index is 0.210. The van der Waals surface area contributed by atoms with Gasteiger partial charge in [-0.15, -0.1) is 0 Å². The number of hydrogen-bond donors (Lipinski definition) is 2. The number of alkyl halides is 3. The first-order valence-electron chi connectivity index (χ1n) is 6.70. The molecule has 1 aromatic rings. The van der Waals surface area contributed by atoms with Gasteiger partial charge in [0.2, 0.25) is 11.8 Å². The Morgan fingerprint density at radius 2 is 1.91 bits per heavy atom. The SMILES string of the molecule is NC(=O)c1cc(OC2CCN(C(=O)O)CC2)nc(C(F)(F)F)c1. The number of carboxylic acid groups (broad SMARTS) is 1. The fraction of sp³-hybridized carbons (Fsp3) is 0.462. The van der Waals surface area contributed by atoms with Crippen molar-refractivity contribution in [3.63, 3.8) is 0 Å². The highest BCUT2D eigenvalue weighted by molar-refractivity contribution is 5.93. The number of carbonyl (C=O) groups is 2. The maximum absolute atomic E-state index is 12.8.